The second-order valence-corrected chi connectivity index (χ2v) is 7.07. The van der Waals surface area contributed by atoms with Crippen LogP contribution in [0.5, 0.6) is 5.75 Å². The van der Waals surface area contributed by atoms with Crippen LogP contribution in [0.2, 0.25) is 0 Å². The molecule has 6 nitrogen and oxygen atoms in total. The fourth-order valence-corrected chi connectivity index (χ4v) is 3.83. The molecule has 0 saturated carbocycles. The van der Waals surface area contributed by atoms with Crippen molar-refractivity contribution in [3.05, 3.63) is 29.5 Å². The van der Waals surface area contributed by atoms with Gasteiger partial charge in [-0.1, -0.05) is 17.4 Å². The van der Waals surface area contributed by atoms with Crippen molar-refractivity contribution >= 4 is 26.8 Å². The van der Waals surface area contributed by atoms with E-state index >= 15 is 0 Å². The van der Waals surface area contributed by atoms with Gasteiger partial charge in [-0.15, -0.1) is 5.10 Å². The average Bonchev–Trinajstić information content (AvgIpc) is 3.14. The molecule has 2 N–H and O–H groups in total. The van der Waals surface area contributed by atoms with Crippen molar-refractivity contribution in [2.45, 2.75) is 26.1 Å². The Morgan fingerprint density at radius 2 is 2.21 bits per heavy atom. The lowest BCUT2D eigenvalue weighted by Gasteiger charge is -2.11. The van der Waals surface area contributed by atoms with Crippen molar-refractivity contribution in [2.24, 2.45) is 0 Å². The first-order valence-electron chi connectivity index (χ1n) is 7.66. The predicted octanol–water partition coefficient (Wildman–Crippen LogP) is 2.95. The number of benzene rings is 1. The zero-order valence-corrected chi connectivity index (χ0v) is 14.1. The number of fused-ring (bicyclic) bond motifs is 1. The van der Waals surface area contributed by atoms with E-state index in [1.165, 1.54) is 11.3 Å². The van der Waals surface area contributed by atoms with Crippen LogP contribution in [0.25, 0.3) is 16.0 Å². The first-order chi connectivity index (χ1) is 11.5. The molecule has 0 spiro atoms. The summed E-state index contributed by atoms with van der Waals surface area (Å²) in [5, 5.41) is 18.3. The van der Waals surface area contributed by atoms with E-state index in [4.69, 9.17) is 4.74 Å². The summed E-state index contributed by atoms with van der Waals surface area (Å²) in [6.45, 7) is 4.33. The Balaban J connectivity index is 1.65. The molecule has 2 atom stereocenters. The van der Waals surface area contributed by atoms with Gasteiger partial charge in [0.05, 0.1) is 30.2 Å². The van der Waals surface area contributed by atoms with Gasteiger partial charge in [-0.3, -0.25) is 0 Å². The number of hydrogen-bond acceptors (Lipinski definition) is 6. The number of rotatable bonds is 3. The second kappa shape index (κ2) is 5.71. The molecular weight excluding hydrogens is 331 g/mol. The van der Waals surface area contributed by atoms with Crippen molar-refractivity contribution < 1.29 is 14.2 Å². The summed E-state index contributed by atoms with van der Waals surface area (Å²) in [6, 6.07) is 3.34. The molecule has 0 aliphatic carbocycles. The average molecular weight is 348 g/mol. The van der Waals surface area contributed by atoms with Crippen LogP contribution >= 0.6 is 11.3 Å². The molecular formula is C16H17FN4O2S. The number of phenols is 1. The quantitative estimate of drug-likeness (QED) is 0.761. The Hall–Kier alpha value is -2.19. The Kier molecular flexibility index (Phi) is 3.65. The Bertz CT molecular complexity index is 852. The van der Waals surface area contributed by atoms with Crippen LogP contribution in [0.3, 0.4) is 0 Å². The third kappa shape index (κ3) is 2.61. The summed E-state index contributed by atoms with van der Waals surface area (Å²) in [5.74, 6) is 0.185. The highest BCUT2D eigenvalue weighted by Crippen LogP contribution is 2.31. The Morgan fingerprint density at radius 1 is 1.38 bits per heavy atom. The maximum absolute atomic E-state index is 13.6. The van der Waals surface area contributed by atoms with Gasteiger partial charge in [-0.05, 0) is 31.0 Å². The van der Waals surface area contributed by atoms with Gasteiger partial charge < -0.3 is 15.2 Å². The maximum atomic E-state index is 13.6. The Morgan fingerprint density at radius 3 is 2.88 bits per heavy atom. The lowest BCUT2D eigenvalue weighted by Crippen LogP contribution is -2.28. The number of aromatic nitrogens is 3. The number of aromatic hydroxyl groups is 1. The third-order valence-corrected chi connectivity index (χ3v) is 4.96. The molecule has 126 valence electrons. The third-order valence-electron chi connectivity index (χ3n) is 4.05. The molecule has 2 aromatic heterocycles. The van der Waals surface area contributed by atoms with Crippen molar-refractivity contribution in [1.29, 1.82) is 0 Å². The van der Waals surface area contributed by atoms with E-state index in [2.05, 4.69) is 15.4 Å². The molecule has 8 heteroatoms. The van der Waals surface area contributed by atoms with Gasteiger partial charge in [0.25, 0.3) is 0 Å². The van der Waals surface area contributed by atoms with Gasteiger partial charge in [-0.2, -0.15) is 4.98 Å². The first-order valence-corrected chi connectivity index (χ1v) is 8.48. The smallest absolute Gasteiger partial charge is 0.194 e. The number of anilines is 1. The highest BCUT2D eigenvalue weighted by molar-refractivity contribution is 7.22. The van der Waals surface area contributed by atoms with Gasteiger partial charge in [0.1, 0.15) is 17.6 Å². The molecule has 1 aromatic carbocycles. The minimum atomic E-state index is -1.02. The largest absolute Gasteiger partial charge is 0.506 e. The fourth-order valence-electron chi connectivity index (χ4n) is 2.95. The summed E-state index contributed by atoms with van der Waals surface area (Å²) in [5.41, 5.74) is 3.14. The molecule has 0 unspecified atom stereocenters. The molecule has 1 aliphatic rings. The SMILES string of the molecule is Cc1cc(C)c(-n2cc3sc(N[C@H]4COC[C@@H]4F)nc3n2)c(O)c1. The van der Waals surface area contributed by atoms with Gasteiger partial charge in [-0.25, -0.2) is 9.07 Å². The number of hydrogen-bond donors (Lipinski definition) is 2. The number of halogens is 1. The van der Waals surface area contributed by atoms with Crippen LogP contribution in [0, 0.1) is 13.8 Å². The second-order valence-electron chi connectivity index (χ2n) is 6.03. The summed E-state index contributed by atoms with van der Waals surface area (Å²) >= 11 is 1.41. The zero-order chi connectivity index (χ0) is 16.8. The normalized spacial score (nSPS) is 20.8. The van der Waals surface area contributed by atoms with Gasteiger partial charge >= 0.3 is 0 Å². The molecule has 3 aromatic rings. The molecule has 1 fully saturated rings. The summed E-state index contributed by atoms with van der Waals surface area (Å²) in [7, 11) is 0. The minimum absolute atomic E-state index is 0.124. The summed E-state index contributed by atoms with van der Waals surface area (Å²) in [6.07, 6.45) is 0.807. The molecule has 24 heavy (non-hydrogen) atoms. The number of aryl methyl sites for hydroxylation is 2. The number of ether oxygens (including phenoxy) is 1. The van der Waals surface area contributed by atoms with Crippen molar-refractivity contribution in [2.75, 3.05) is 18.5 Å². The topological polar surface area (TPSA) is 72.2 Å². The lowest BCUT2D eigenvalue weighted by atomic mass is 10.1. The van der Waals surface area contributed by atoms with Crippen molar-refractivity contribution in [3.63, 3.8) is 0 Å². The van der Waals surface area contributed by atoms with E-state index in [1.54, 1.807) is 10.7 Å². The van der Waals surface area contributed by atoms with E-state index in [1.807, 2.05) is 26.1 Å². The highest BCUT2D eigenvalue weighted by Gasteiger charge is 2.28. The molecule has 3 heterocycles. The fraction of sp³-hybridized carbons (Fsp3) is 0.375. The molecule has 1 saturated heterocycles. The van der Waals surface area contributed by atoms with Crippen LogP contribution in [0.1, 0.15) is 11.1 Å². The summed E-state index contributed by atoms with van der Waals surface area (Å²) in [4.78, 5) is 4.41. The highest BCUT2D eigenvalue weighted by atomic mass is 32.1. The van der Waals surface area contributed by atoms with Crippen molar-refractivity contribution in [1.82, 2.24) is 14.8 Å². The molecule has 0 amide bonds. The van der Waals surface area contributed by atoms with Crippen LogP contribution in [-0.2, 0) is 4.74 Å². The van der Waals surface area contributed by atoms with Crippen LogP contribution in [0.15, 0.2) is 18.3 Å². The van der Waals surface area contributed by atoms with Crippen LogP contribution in [0.4, 0.5) is 9.52 Å². The maximum Gasteiger partial charge on any atom is 0.194 e. The zero-order valence-electron chi connectivity index (χ0n) is 13.3. The predicted molar refractivity (Wildman–Crippen MR) is 91.0 cm³/mol. The van der Waals surface area contributed by atoms with E-state index in [0.717, 1.165) is 15.8 Å². The number of alkyl halides is 1. The molecule has 0 bridgehead atoms. The van der Waals surface area contributed by atoms with Crippen LogP contribution in [-0.4, -0.2) is 45.3 Å². The van der Waals surface area contributed by atoms with E-state index in [-0.39, 0.29) is 18.4 Å². The number of thiazole rings is 1. The standard InChI is InChI=1S/C16H17FN4O2S/c1-8-3-9(2)14(12(22)4-8)21-5-13-15(20-21)19-16(24-13)18-11-7-23-6-10(11)17/h3-5,10-11,22H,6-7H2,1-2H3,(H,18,19,20)/t10-,11-/m0/s1. The monoisotopic (exact) mass is 348 g/mol. The van der Waals surface area contributed by atoms with Gasteiger partial charge in [0.2, 0.25) is 0 Å². The lowest BCUT2D eigenvalue weighted by molar-refractivity contribution is 0.173. The van der Waals surface area contributed by atoms with Crippen molar-refractivity contribution in [3.8, 4) is 11.4 Å². The van der Waals surface area contributed by atoms with Gasteiger partial charge in [0, 0.05) is 0 Å². The molecule has 4 rings (SSSR count). The molecule has 0 radical (unpaired) electrons. The van der Waals surface area contributed by atoms with Crippen LogP contribution < -0.4 is 5.32 Å². The van der Waals surface area contributed by atoms with E-state index in [0.29, 0.717) is 23.1 Å². The van der Waals surface area contributed by atoms with Gasteiger partial charge in [0.15, 0.2) is 10.8 Å². The number of nitrogens with zero attached hydrogens (tertiary/aromatic N) is 3. The summed E-state index contributed by atoms with van der Waals surface area (Å²) < 4.78 is 21.2. The minimum Gasteiger partial charge on any atom is -0.506 e. The Labute approximate surface area is 141 Å². The van der Waals surface area contributed by atoms with E-state index < -0.39 is 6.17 Å². The number of nitrogens with one attached hydrogen (secondary N) is 1. The van der Waals surface area contributed by atoms with E-state index in [9.17, 15) is 9.50 Å². The first kappa shape index (κ1) is 15.3. The number of phenolic OH excluding ortho intramolecular Hbond substituents is 1. The molecule has 1 aliphatic heterocycles.